The molecule has 0 radical (unpaired) electrons. The summed E-state index contributed by atoms with van der Waals surface area (Å²) in [4.78, 5) is 0. The van der Waals surface area contributed by atoms with Crippen LogP contribution in [0.4, 0.5) is 0 Å². The van der Waals surface area contributed by atoms with E-state index in [0.717, 1.165) is 55.6 Å². The van der Waals surface area contributed by atoms with Gasteiger partial charge in [0.25, 0.3) is 0 Å². The molecule has 0 fully saturated rings. The molecule has 5 aromatic carbocycles. The highest BCUT2D eigenvalue weighted by Crippen LogP contribution is 2.44. The highest BCUT2D eigenvalue weighted by Gasteiger charge is 2.27. The second kappa shape index (κ2) is 16.0. The van der Waals surface area contributed by atoms with E-state index in [9.17, 15) is 30.6 Å². The Morgan fingerprint density at radius 1 is 0.556 bits per heavy atom. The van der Waals surface area contributed by atoms with Crippen molar-refractivity contribution in [1.29, 1.82) is 0 Å². The maximum Gasteiger partial charge on any atom is 0.119 e. The van der Waals surface area contributed by atoms with Crippen molar-refractivity contribution in [3.8, 4) is 28.7 Å². The number of allylic oxidation sites excluding steroid dienone is 4. The van der Waals surface area contributed by atoms with Gasteiger partial charge in [-0.05, 0) is 170 Å². The monoisotopic (exact) mass is 724 g/mol. The summed E-state index contributed by atoms with van der Waals surface area (Å²) in [5.41, 5.74) is 11.9. The van der Waals surface area contributed by atoms with E-state index in [-0.39, 0.29) is 34.5 Å². The fourth-order valence-electron chi connectivity index (χ4n) is 7.39. The average Bonchev–Trinajstić information content (AvgIpc) is 3.10. The minimum Gasteiger partial charge on any atom is -0.508 e. The molecular formula is C48H52O6. The molecule has 6 heteroatoms. The minimum absolute atomic E-state index is 0.0946. The third-order valence-corrected chi connectivity index (χ3v) is 10.5. The first kappa shape index (κ1) is 39.3. The number of benzene rings is 5. The van der Waals surface area contributed by atoms with Crippen molar-refractivity contribution >= 4 is 0 Å². The standard InChI is InChI=1S/C48H52O6/c1-10-11-41(49)29(5)16-33(9)47(36-17-30(6)44(52)20-26(36)2)39-24-34(12-14-42(39)50)23-35-13-15-43(51)40(25-35)48(37-18-31(7)45(53)21-27(37)3)38-19-32(8)46(54)22-28(38)4/h11-22,24-25,47-54H,9-10,23H2,1-8H3/b29-16-,41-11+. The zero-order valence-corrected chi connectivity index (χ0v) is 32.5. The third-order valence-electron chi connectivity index (χ3n) is 10.5. The van der Waals surface area contributed by atoms with Crippen LogP contribution in [0.5, 0.6) is 28.7 Å². The first-order valence-electron chi connectivity index (χ1n) is 18.3. The normalized spacial score (nSPS) is 12.7. The molecule has 0 aliphatic heterocycles. The van der Waals surface area contributed by atoms with Gasteiger partial charge in [-0.15, -0.1) is 0 Å². The molecule has 0 bridgehead atoms. The zero-order valence-electron chi connectivity index (χ0n) is 32.5. The van der Waals surface area contributed by atoms with Gasteiger partial charge in [0.05, 0.1) is 0 Å². The third kappa shape index (κ3) is 8.18. The molecule has 5 aromatic rings. The van der Waals surface area contributed by atoms with Gasteiger partial charge in [-0.3, -0.25) is 0 Å². The lowest BCUT2D eigenvalue weighted by molar-refractivity contribution is 0.420. The van der Waals surface area contributed by atoms with Crippen molar-refractivity contribution in [3.63, 3.8) is 0 Å². The van der Waals surface area contributed by atoms with E-state index in [0.29, 0.717) is 40.7 Å². The van der Waals surface area contributed by atoms with Crippen molar-refractivity contribution < 1.29 is 30.6 Å². The fourth-order valence-corrected chi connectivity index (χ4v) is 7.39. The highest BCUT2D eigenvalue weighted by atomic mass is 16.3. The molecule has 6 nitrogen and oxygen atoms in total. The van der Waals surface area contributed by atoms with Gasteiger partial charge in [0, 0.05) is 23.0 Å². The molecule has 280 valence electrons. The van der Waals surface area contributed by atoms with Gasteiger partial charge in [-0.2, -0.15) is 0 Å². The predicted octanol–water partition coefficient (Wildman–Crippen LogP) is 11.3. The Labute approximate surface area is 319 Å². The summed E-state index contributed by atoms with van der Waals surface area (Å²) in [7, 11) is 0. The second-order valence-electron chi connectivity index (χ2n) is 14.7. The second-order valence-corrected chi connectivity index (χ2v) is 14.7. The smallest absolute Gasteiger partial charge is 0.119 e. The number of aryl methyl sites for hydroxylation is 6. The topological polar surface area (TPSA) is 121 Å². The number of rotatable bonds is 11. The molecule has 0 saturated carbocycles. The number of aliphatic hydroxyl groups excluding tert-OH is 1. The number of phenolic OH excluding ortho intramolecular Hbond substituents is 5. The van der Waals surface area contributed by atoms with Crippen LogP contribution in [0, 0.1) is 41.5 Å². The molecule has 0 spiro atoms. The van der Waals surface area contributed by atoms with Crippen molar-refractivity contribution in [2.45, 2.75) is 80.1 Å². The molecule has 0 aromatic heterocycles. The van der Waals surface area contributed by atoms with E-state index in [4.69, 9.17) is 0 Å². The first-order valence-corrected chi connectivity index (χ1v) is 18.3. The maximum atomic E-state index is 11.5. The van der Waals surface area contributed by atoms with Crippen LogP contribution in [-0.4, -0.2) is 30.6 Å². The van der Waals surface area contributed by atoms with Crippen LogP contribution >= 0.6 is 0 Å². The predicted molar refractivity (Wildman–Crippen MR) is 218 cm³/mol. The quantitative estimate of drug-likeness (QED) is 0.0458. The summed E-state index contributed by atoms with van der Waals surface area (Å²) in [6.45, 7) is 19.6. The molecule has 54 heavy (non-hydrogen) atoms. The van der Waals surface area contributed by atoms with Gasteiger partial charge in [-0.25, -0.2) is 0 Å². The SMILES string of the molecule is C=C(/C=C(C)\C(O)=C/CC)C(c1cc(C)c(O)cc1C)c1cc(Cc2ccc(O)c(C(c3cc(C)c(O)cc3C)c3cc(C)c(O)cc3C)c2)ccc1O. The summed E-state index contributed by atoms with van der Waals surface area (Å²) in [6.07, 6.45) is 4.74. The van der Waals surface area contributed by atoms with Gasteiger partial charge in [0.15, 0.2) is 0 Å². The van der Waals surface area contributed by atoms with Crippen LogP contribution in [0.15, 0.2) is 108 Å². The molecule has 0 amide bonds. The molecule has 1 unspecified atom stereocenters. The Morgan fingerprint density at radius 3 is 1.46 bits per heavy atom. The lowest BCUT2D eigenvalue weighted by Crippen LogP contribution is -2.09. The number of hydrogen-bond donors (Lipinski definition) is 6. The van der Waals surface area contributed by atoms with E-state index in [1.165, 1.54) is 0 Å². The van der Waals surface area contributed by atoms with Crippen LogP contribution < -0.4 is 0 Å². The average molecular weight is 725 g/mol. The highest BCUT2D eigenvalue weighted by molar-refractivity contribution is 5.59. The Bertz CT molecular complexity index is 2250. The number of aromatic hydroxyl groups is 5. The van der Waals surface area contributed by atoms with E-state index in [1.54, 1.807) is 36.4 Å². The Hall–Kier alpha value is -5.88. The van der Waals surface area contributed by atoms with Crippen LogP contribution in [0.1, 0.15) is 104 Å². The van der Waals surface area contributed by atoms with Crippen molar-refractivity contribution in [1.82, 2.24) is 0 Å². The zero-order chi connectivity index (χ0) is 39.6. The number of phenols is 5. The molecule has 0 saturated heterocycles. The van der Waals surface area contributed by atoms with E-state index < -0.39 is 11.8 Å². The van der Waals surface area contributed by atoms with E-state index >= 15 is 0 Å². The van der Waals surface area contributed by atoms with Crippen LogP contribution in [0.2, 0.25) is 0 Å². The van der Waals surface area contributed by atoms with Crippen LogP contribution in [0.25, 0.3) is 0 Å². The van der Waals surface area contributed by atoms with E-state index in [2.05, 4.69) is 6.58 Å². The molecule has 0 heterocycles. The lowest BCUT2D eigenvalue weighted by atomic mass is 9.78. The van der Waals surface area contributed by atoms with E-state index in [1.807, 2.05) is 104 Å². The summed E-state index contributed by atoms with van der Waals surface area (Å²) in [5, 5.41) is 65.1. The maximum absolute atomic E-state index is 11.5. The fraction of sp³-hybridized carbons (Fsp3) is 0.250. The van der Waals surface area contributed by atoms with Crippen LogP contribution in [0.3, 0.4) is 0 Å². The van der Waals surface area contributed by atoms with Gasteiger partial charge < -0.3 is 30.6 Å². The molecule has 0 aliphatic carbocycles. The number of aliphatic hydroxyl groups is 1. The van der Waals surface area contributed by atoms with Gasteiger partial charge in [-0.1, -0.05) is 62.0 Å². The molecule has 1 atom stereocenters. The molecular weight excluding hydrogens is 673 g/mol. The molecule has 5 rings (SSSR count). The Balaban J connectivity index is 1.65. The molecule has 6 N–H and O–H groups in total. The largest absolute Gasteiger partial charge is 0.508 e. The summed E-state index contributed by atoms with van der Waals surface area (Å²) < 4.78 is 0. The summed E-state index contributed by atoms with van der Waals surface area (Å²) in [5.74, 6) is 0.0906. The van der Waals surface area contributed by atoms with Crippen molar-refractivity contribution in [3.05, 3.63) is 181 Å². The van der Waals surface area contributed by atoms with Gasteiger partial charge in [0.2, 0.25) is 0 Å². The first-order chi connectivity index (χ1) is 25.5. The van der Waals surface area contributed by atoms with Gasteiger partial charge in [0.1, 0.15) is 34.5 Å². The summed E-state index contributed by atoms with van der Waals surface area (Å²) in [6, 6.07) is 22.2. The number of hydrogen-bond acceptors (Lipinski definition) is 6. The lowest BCUT2D eigenvalue weighted by Gasteiger charge is -2.26. The van der Waals surface area contributed by atoms with Gasteiger partial charge >= 0.3 is 0 Å². The van der Waals surface area contributed by atoms with Crippen molar-refractivity contribution in [2.75, 3.05) is 0 Å². The Morgan fingerprint density at radius 2 is 0.981 bits per heavy atom. The van der Waals surface area contributed by atoms with Crippen LogP contribution in [-0.2, 0) is 6.42 Å². The Kier molecular flexibility index (Phi) is 11.7. The summed E-state index contributed by atoms with van der Waals surface area (Å²) >= 11 is 0. The minimum atomic E-state index is -0.491. The van der Waals surface area contributed by atoms with Crippen molar-refractivity contribution in [2.24, 2.45) is 0 Å². The molecule has 0 aliphatic rings.